The topological polar surface area (TPSA) is 45.2 Å². The van der Waals surface area contributed by atoms with Crippen molar-refractivity contribution < 1.29 is 4.79 Å². The standard InChI is InChI=1S/C30H30BrN3O/c1-2-21-8-10-23(11-9-21)29-19-27(26-18-24(31)12-13-28(26)33-29)30(35)32-25-14-16-34(17-15-25)20-22-6-4-3-5-7-22/h3-13,18-19,25H,2,14-17,20H2,1H3,(H,32,35). The number of nitrogens with one attached hydrogen (secondary N) is 1. The van der Waals surface area contributed by atoms with E-state index in [2.05, 4.69) is 87.7 Å². The second-order valence-electron chi connectivity index (χ2n) is 9.28. The van der Waals surface area contributed by atoms with Crippen molar-refractivity contribution in [3.8, 4) is 11.3 Å². The molecule has 5 heteroatoms. The zero-order valence-corrected chi connectivity index (χ0v) is 21.6. The molecule has 1 fully saturated rings. The lowest BCUT2D eigenvalue weighted by Crippen LogP contribution is -2.44. The number of carbonyl (C=O) groups is 1. The maximum Gasteiger partial charge on any atom is 0.252 e. The summed E-state index contributed by atoms with van der Waals surface area (Å²) in [5.74, 6) is -0.0246. The molecule has 1 aliphatic rings. The summed E-state index contributed by atoms with van der Waals surface area (Å²) in [6, 6.07) is 27.1. The fourth-order valence-corrected chi connectivity index (χ4v) is 5.15. The van der Waals surface area contributed by atoms with Gasteiger partial charge in [0, 0.05) is 41.1 Å². The third kappa shape index (κ3) is 5.63. The van der Waals surface area contributed by atoms with Gasteiger partial charge in [0.1, 0.15) is 0 Å². The van der Waals surface area contributed by atoms with Crippen molar-refractivity contribution in [2.45, 2.75) is 38.8 Å². The number of hydrogen-bond donors (Lipinski definition) is 1. The quantitative estimate of drug-likeness (QED) is 0.306. The van der Waals surface area contributed by atoms with Crippen LogP contribution in [-0.2, 0) is 13.0 Å². The van der Waals surface area contributed by atoms with Gasteiger partial charge in [-0.15, -0.1) is 0 Å². The molecule has 2 heterocycles. The lowest BCUT2D eigenvalue weighted by Gasteiger charge is -2.32. The lowest BCUT2D eigenvalue weighted by atomic mass is 10.0. The van der Waals surface area contributed by atoms with Crippen LogP contribution in [0.25, 0.3) is 22.2 Å². The number of nitrogens with zero attached hydrogens (tertiary/aromatic N) is 2. The predicted molar refractivity (Wildman–Crippen MR) is 146 cm³/mol. The number of aryl methyl sites for hydroxylation is 1. The van der Waals surface area contributed by atoms with Crippen molar-refractivity contribution in [1.82, 2.24) is 15.2 Å². The maximum absolute atomic E-state index is 13.5. The molecule has 0 spiro atoms. The Bertz CT molecular complexity index is 1310. The molecule has 0 atom stereocenters. The van der Waals surface area contributed by atoms with Crippen LogP contribution >= 0.6 is 15.9 Å². The van der Waals surface area contributed by atoms with E-state index >= 15 is 0 Å². The van der Waals surface area contributed by atoms with Gasteiger partial charge in [0.05, 0.1) is 16.8 Å². The number of piperidine rings is 1. The van der Waals surface area contributed by atoms with Crippen LogP contribution in [0.4, 0.5) is 0 Å². The van der Waals surface area contributed by atoms with Crippen LogP contribution in [0.2, 0.25) is 0 Å². The normalized spacial score (nSPS) is 14.8. The summed E-state index contributed by atoms with van der Waals surface area (Å²) in [7, 11) is 0. The van der Waals surface area contributed by atoms with Gasteiger partial charge >= 0.3 is 0 Å². The SMILES string of the molecule is CCc1ccc(-c2cc(C(=O)NC3CCN(Cc4ccccc4)CC3)c3cc(Br)ccc3n2)cc1. The number of rotatable bonds is 6. The molecular weight excluding hydrogens is 498 g/mol. The van der Waals surface area contributed by atoms with E-state index in [0.29, 0.717) is 5.56 Å². The van der Waals surface area contributed by atoms with E-state index < -0.39 is 0 Å². The number of carbonyl (C=O) groups excluding carboxylic acids is 1. The van der Waals surface area contributed by atoms with Crippen LogP contribution in [0.3, 0.4) is 0 Å². The van der Waals surface area contributed by atoms with Crippen molar-refractivity contribution in [3.05, 3.63) is 100 Å². The van der Waals surface area contributed by atoms with Gasteiger partial charge in [0.15, 0.2) is 0 Å². The summed E-state index contributed by atoms with van der Waals surface area (Å²) >= 11 is 3.56. The Balaban J connectivity index is 1.34. The van der Waals surface area contributed by atoms with Crippen LogP contribution in [0.5, 0.6) is 0 Å². The monoisotopic (exact) mass is 527 g/mol. The number of benzene rings is 3. The minimum Gasteiger partial charge on any atom is -0.349 e. The van der Waals surface area contributed by atoms with Gasteiger partial charge in [0.25, 0.3) is 5.91 Å². The zero-order valence-electron chi connectivity index (χ0n) is 20.0. The van der Waals surface area contributed by atoms with Gasteiger partial charge in [-0.3, -0.25) is 9.69 Å². The molecule has 1 N–H and O–H groups in total. The first kappa shape index (κ1) is 23.7. The van der Waals surface area contributed by atoms with E-state index in [-0.39, 0.29) is 11.9 Å². The Hall–Kier alpha value is -3.02. The second-order valence-corrected chi connectivity index (χ2v) is 10.2. The molecule has 1 amide bonds. The van der Waals surface area contributed by atoms with Gasteiger partial charge < -0.3 is 5.32 Å². The van der Waals surface area contributed by atoms with Gasteiger partial charge in [0.2, 0.25) is 0 Å². The van der Waals surface area contributed by atoms with Crippen LogP contribution in [0.1, 0.15) is 41.3 Å². The summed E-state index contributed by atoms with van der Waals surface area (Å²) < 4.78 is 0.940. The second kappa shape index (κ2) is 10.7. The highest BCUT2D eigenvalue weighted by atomic mass is 79.9. The maximum atomic E-state index is 13.5. The number of aromatic nitrogens is 1. The van der Waals surface area contributed by atoms with Crippen molar-refractivity contribution in [2.24, 2.45) is 0 Å². The summed E-state index contributed by atoms with van der Waals surface area (Å²) in [5.41, 5.74) is 5.98. The van der Waals surface area contributed by atoms with Crippen molar-refractivity contribution in [2.75, 3.05) is 13.1 Å². The molecule has 1 aromatic heterocycles. The van der Waals surface area contributed by atoms with Gasteiger partial charge in [-0.25, -0.2) is 4.98 Å². The highest BCUT2D eigenvalue weighted by molar-refractivity contribution is 9.10. The summed E-state index contributed by atoms with van der Waals surface area (Å²) in [6.45, 7) is 5.08. The average molecular weight is 528 g/mol. The number of hydrogen-bond acceptors (Lipinski definition) is 3. The molecule has 0 aliphatic carbocycles. The first-order valence-corrected chi connectivity index (χ1v) is 13.1. The van der Waals surface area contributed by atoms with Crippen LogP contribution < -0.4 is 5.32 Å². The Labute approximate surface area is 215 Å². The number of halogens is 1. The van der Waals surface area contributed by atoms with Gasteiger partial charge in [-0.1, -0.05) is 77.5 Å². The van der Waals surface area contributed by atoms with Crippen molar-refractivity contribution in [1.29, 1.82) is 0 Å². The van der Waals surface area contributed by atoms with E-state index in [0.717, 1.165) is 65.5 Å². The lowest BCUT2D eigenvalue weighted by molar-refractivity contribution is 0.0910. The summed E-state index contributed by atoms with van der Waals surface area (Å²) in [6.07, 6.45) is 2.91. The molecule has 1 saturated heterocycles. The average Bonchev–Trinajstić information content (AvgIpc) is 2.90. The van der Waals surface area contributed by atoms with Crippen LogP contribution in [0.15, 0.2) is 83.3 Å². The smallest absolute Gasteiger partial charge is 0.252 e. The van der Waals surface area contributed by atoms with Gasteiger partial charge in [-0.05, 0) is 54.7 Å². The largest absolute Gasteiger partial charge is 0.349 e. The number of amides is 1. The van der Waals surface area contributed by atoms with E-state index in [9.17, 15) is 4.79 Å². The highest BCUT2D eigenvalue weighted by Crippen LogP contribution is 2.28. The highest BCUT2D eigenvalue weighted by Gasteiger charge is 2.23. The minimum atomic E-state index is -0.0246. The first-order chi connectivity index (χ1) is 17.1. The molecule has 5 rings (SSSR count). The van der Waals surface area contributed by atoms with E-state index in [4.69, 9.17) is 4.98 Å². The molecular formula is C30H30BrN3O. The van der Waals surface area contributed by atoms with Crippen LogP contribution in [0, 0.1) is 0 Å². The number of likely N-dealkylation sites (tertiary alicyclic amines) is 1. The predicted octanol–water partition coefficient (Wildman–Crippen LogP) is 6.62. The Morgan fingerprint density at radius 3 is 2.43 bits per heavy atom. The molecule has 0 bridgehead atoms. The Morgan fingerprint density at radius 2 is 1.71 bits per heavy atom. The number of pyridine rings is 1. The van der Waals surface area contributed by atoms with Crippen molar-refractivity contribution in [3.63, 3.8) is 0 Å². The summed E-state index contributed by atoms with van der Waals surface area (Å²) in [4.78, 5) is 20.9. The van der Waals surface area contributed by atoms with E-state index in [1.165, 1.54) is 11.1 Å². The zero-order chi connectivity index (χ0) is 24.2. The van der Waals surface area contributed by atoms with Crippen LogP contribution in [-0.4, -0.2) is 34.9 Å². The molecule has 178 valence electrons. The molecule has 3 aromatic carbocycles. The van der Waals surface area contributed by atoms with Crippen molar-refractivity contribution >= 4 is 32.7 Å². The number of fused-ring (bicyclic) bond motifs is 1. The van der Waals surface area contributed by atoms with E-state index in [1.54, 1.807) is 0 Å². The fourth-order valence-electron chi connectivity index (χ4n) is 4.79. The Morgan fingerprint density at radius 1 is 0.971 bits per heavy atom. The molecule has 4 aromatic rings. The third-order valence-electron chi connectivity index (χ3n) is 6.85. The molecule has 1 aliphatic heterocycles. The fraction of sp³-hybridized carbons (Fsp3) is 0.267. The first-order valence-electron chi connectivity index (χ1n) is 12.4. The third-order valence-corrected chi connectivity index (χ3v) is 7.34. The molecule has 0 unspecified atom stereocenters. The van der Waals surface area contributed by atoms with E-state index in [1.807, 2.05) is 24.3 Å². The Kier molecular flexibility index (Phi) is 7.26. The summed E-state index contributed by atoms with van der Waals surface area (Å²) in [5, 5.41) is 4.19. The van der Waals surface area contributed by atoms with Gasteiger partial charge in [-0.2, -0.15) is 0 Å². The molecule has 0 saturated carbocycles. The molecule has 4 nitrogen and oxygen atoms in total. The molecule has 35 heavy (non-hydrogen) atoms. The molecule has 0 radical (unpaired) electrons. The minimum absolute atomic E-state index is 0.0246.